The lowest BCUT2D eigenvalue weighted by atomic mass is 10.1. The van der Waals surface area contributed by atoms with Crippen LogP contribution in [0.4, 0.5) is 5.69 Å². The Labute approximate surface area is 142 Å². The van der Waals surface area contributed by atoms with Crippen molar-refractivity contribution < 1.29 is 4.92 Å². The van der Waals surface area contributed by atoms with E-state index in [1.807, 2.05) is 25.1 Å². The molecule has 0 saturated carbocycles. The monoisotopic (exact) mass is 336 g/mol. The molecule has 24 heavy (non-hydrogen) atoms. The lowest BCUT2D eigenvalue weighted by Crippen LogP contribution is -1.91. The SMILES string of the molecule is Cc1ccc2c(c1)[nH]c(=S)n2/C=C(/C#N)c1ccc([N+](=O)[O-])cc1. The molecule has 0 unspecified atom stereocenters. The van der Waals surface area contributed by atoms with Crippen molar-refractivity contribution >= 4 is 40.7 Å². The first-order chi connectivity index (χ1) is 11.5. The number of non-ortho nitro benzene ring substituents is 1. The predicted octanol–water partition coefficient (Wildman–Crippen LogP) is 4.44. The van der Waals surface area contributed by atoms with Crippen molar-refractivity contribution in [2.75, 3.05) is 0 Å². The molecule has 3 aromatic rings. The van der Waals surface area contributed by atoms with Gasteiger partial charge < -0.3 is 4.98 Å². The fourth-order valence-electron chi connectivity index (χ4n) is 2.43. The lowest BCUT2D eigenvalue weighted by Gasteiger charge is -2.02. The summed E-state index contributed by atoms with van der Waals surface area (Å²) in [5.41, 5.74) is 3.78. The topological polar surface area (TPSA) is 87.7 Å². The highest BCUT2D eigenvalue weighted by Crippen LogP contribution is 2.22. The largest absolute Gasteiger partial charge is 0.330 e. The maximum absolute atomic E-state index is 10.7. The predicted molar refractivity (Wildman–Crippen MR) is 94.7 cm³/mol. The standard InChI is InChI=1S/C17H12N4O2S/c1-11-2-7-16-15(8-11)19-17(24)20(16)10-13(9-18)12-3-5-14(6-4-12)21(22)23/h2-8,10H,1H3,(H,19,24)/b13-10-. The summed E-state index contributed by atoms with van der Waals surface area (Å²) in [5, 5.41) is 20.2. The maximum atomic E-state index is 10.7. The van der Waals surface area contributed by atoms with Gasteiger partial charge in [-0.2, -0.15) is 5.26 Å². The normalized spacial score (nSPS) is 11.4. The van der Waals surface area contributed by atoms with E-state index in [0.29, 0.717) is 15.9 Å². The molecule has 0 saturated heterocycles. The number of benzene rings is 2. The van der Waals surface area contributed by atoms with E-state index in [2.05, 4.69) is 11.1 Å². The zero-order chi connectivity index (χ0) is 17.3. The smallest absolute Gasteiger partial charge is 0.269 e. The van der Waals surface area contributed by atoms with Crippen LogP contribution in [0.2, 0.25) is 0 Å². The molecule has 0 spiro atoms. The molecular formula is C17H12N4O2S. The van der Waals surface area contributed by atoms with Gasteiger partial charge in [-0.3, -0.25) is 14.7 Å². The average Bonchev–Trinajstić information content (AvgIpc) is 2.87. The lowest BCUT2D eigenvalue weighted by molar-refractivity contribution is -0.384. The van der Waals surface area contributed by atoms with E-state index in [9.17, 15) is 15.4 Å². The number of H-pyrrole nitrogens is 1. The van der Waals surface area contributed by atoms with E-state index in [1.54, 1.807) is 22.9 Å². The number of nitro groups is 1. The van der Waals surface area contributed by atoms with Crippen LogP contribution in [0.3, 0.4) is 0 Å². The summed E-state index contributed by atoms with van der Waals surface area (Å²) in [4.78, 5) is 13.4. The van der Waals surface area contributed by atoms with Gasteiger partial charge in [-0.05, 0) is 54.5 Å². The minimum absolute atomic E-state index is 0.0183. The van der Waals surface area contributed by atoms with Gasteiger partial charge in [0.1, 0.15) is 6.07 Å². The summed E-state index contributed by atoms with van der Waals surface area (Å²) in [6.07, 6.45) is 1.64. The molecule has 0 bridgehead atoms. The molecule has 3 rings (SSSR count). The molecule has 1 heterocycles. The van der Waals surface area contributed by atoms with Gasteiger partial charge in [-0.25, -0.2) is 0 Å². The van der Waals surface area contributed by atoms with E-state index in [0.717, 1.165) is 16.6 Å². The zero-order valence-electron chi connectivity index (χ0n) is 12.7. The van der Waals surface area contributed by atoms with Crippen LogP contribution < -0.4 is 0 Å². The van der Waals surface area contributed by atoms with Crippen LogP contribution in [0.5, 0.6) is 0 Å². The van der Waals surface area contributed by atoms with Crippen molar-refractivity contribution in [1.82, 2.24) is 9.55 Å². The van der Waals surface area contributed by atoms with Gasteiger partial charge in [-0.1, -0.05) is 6.07 Å². The zero-order valence-corrected chi connectivity index (χ0v) is 13.5. The number of aryl methyl sites for hydroxylation is 1. The summed E-state index contributed by atoms with van der Waals surface area (Å²) in [6, 6.07) is 13.8. The van der Waals surface area contributed by atoms with E-state index in [-0.39, 0.29) is 5.69 Å². The number of allylic oxidation sites excluding steroid dienone is 1. The van der Waals surface area contributed by atoms with E-state index >= 15 is 0 Å². The van der Waals surface area contributed by atoms with Crippen molar-refractivity contribution in [3.05, 3.63) is 68.5 Å². The Kier molecular flexibility index (Phi) is 3.98. The Balaban J connectivity index is 2.12. The van der Waals surface area contributed by atoms with Crippen LogP contribution in [-0.4, -0.2) is 14.5 Å². The number of fused-ring (bicyclic) bond motifs is 1. The molecule has 118 valence electrons. The van der Waals surface area contributed by atoms with Gasteiger partial charge in [0.2, 0.25) is 0 Å². The summed E-state index contributed by atoms with van der Waals surface area (Å²) < 4.78 is 2.20. The molecule has 6 nitrogen and oxygen atoms in total. The Morgan fingerprint density at radius 3 is 2.67 bits per heavy atom. The molecule has 0 atom stereocenters. The second kappa shape index (κ2) is 6.10. The quantitative estimate of drug-likeness (QED) is 0.331. The first kappa shape index (κ1) is 15.6. The molecular weight excluding hydrogens is 324 g/mol. The average molecular weight is 336 g/mol. The van der Waals surface area contributed by atoms with Crippen molar-refractivity contribution in [2.24, 2.45) is 0 Å². The Bertz CT molecular complexity index is 1070. The second-order valence-electron chi connectivity index (χ2n) is 5.28. The number of imidazole rings is 1. The number of rotatable bonds is 3. The number of hydrogen-bond acceptors (Lipinski definition) is 4. The number of nitrogens with one attached hydrogen (secondary N) is 1. The highest BCUT2D eigenvalue weighted by molar-refractivity contribution is 7.71. The van der Waals surface area contributed by atoms with Crippen molar-refractivity contribution in [3.8, 4) is 6.07 Å². The Morgan fingerprint density at radius 1 is 1.33 bits per heavy atom. The minimum Gasteiger partial charge on any atom is -0.330 e. The summed E-state index contributed by atoms with van der Waals surface area (Å²) >= 11 is 5.33. The fraction of sp³-hybridized carbons (Fsp3) is 0.0588. The number of nitro benzene ring substituents is 1. The number of hydrogen-bond donors (Lipinski definition) is 1. The highest BCUT2D eigenvalue weighted by Gasteiger charge is 2.09. The van der Waals surface area contributed by atoms with E-state index in [1.165, 1.54) is 12.1 Å². The van der Waals surface area contributed by atoms with Gasteiger partial charge in [0.15, 0.2) is 4.77 Å². The van der Waals surface area contributed by atoms with Gasteiger partial charge in [-0.15, -0.1) is 0 Å². The van der Waals surface area contributed by atoms with Crippen molar-refractivity contribution in [1.29, 1.82) is 5.26 Å². The molecule has 0 fully saturated rings. The first-order valence-electron chi connectivity index (χ1n) is 7.07. The molecule has 1 N–H and O–H groups in total. The van der Waals surface area contributed by atoms with Gasteiger partial charge in [0.05, 0.1) is 21.5 Å². The number of aromatic amines is 1. The molecule has 2 aromatic carbocycles. The minimum atomic E-state index is -0.475. The Morgan fingerprint density at radius 2 is 2.04 bits per heavy atom. The molecule has 1 aromatic heterocycles. The van der Waals surface area contributed by atoms with Crippen LogP contribution in [-0.2, 0) is 0 Å². The number of nitriles is 1. The molecule has 0 radical (unpaired) electrons. The third-order valence-electron chi connectivity index (χ3n) is 3.64. The molecule has 0 aliphatic heterocycles. The van der Waals surface area contributed by atoms with Gasteiger partial charge in [0, 0.05) is 18.3 Å². The fourth-order valence-corrected chi connectivity index (χ4v) is 2.69. The summed E-state index contributed by atoms with van der Waals surface area (Å²) in [7, 11) is 0. The summed E-state index contributed by atoms with van der Waals surface area (Å²) in [5.74, 6) is 0. The van der Waals surface area contributed by atoms with Gasteiger partial charge >= 0.3 is 0 Å². The third-order valence-corrected chi connectivity index (χ3v) is 3.94. The van der Waals surface area contributed by atoms with E-state index in [4.69, 9.17) is 12.2 Å². The first-order valence-corrected chi connectivity index (χ1v) is 7.48. The van der Waals surface area contributed by atoms with Crippen LogP contribution in [0.25, 0.3) is 22.8 Å². The van der Waals surface area contributed by atoms with E-state index < -0.39 is 4.92 Å². The molecule has 7 heteroatoms. The summed E-state index contributed by atoms with van der Waals surface area (Å²) in [6.45, 7) is 1.99. The van der Waals surface area contributed by atoms with Crippen LogP contribution in [0.1, 0.15) is 11.1 Å². The number of aromatic nitrogens is 2. The van der Waals surface area contributed by atoms with Gasteiger partial charge in [0.25, 0.3) is 5.69 Å². The Hall–Kier alpha value is -3.24. The second-order valence-corrected chi connectivity index (χ2v) is 5.67. The maximum Gasteiger partial charge on any atom is 0.269 e. The molecule has 0 amide bonds. The van der Waals surface area contributed by atoms with Crippen molar-refractivity contribution in [3.63, 3.8) is 0 Å². The molecule has 0 aliphatic carbocycles. The van der Waals surface area contributed by atoms with Crippen LogP contribution >= 0.6 is 12.2 Å². The van der Waals surface area contributed by atoms with Crippen LogP contribution in [0, 0.1) is 33.1 Å². The molecule has 0 aliphatic rings. The highest BCUT2D eigenvalue weighted by atomic mass is 32.1. The number of nitrogens with zero attached hydrogens (tertiary/aromatic N) is 3. The third kappa shape index (κ3) is 2.83. The van der Waals surface area contributed by atoms with Crippen molar-refractivity contribution in [2.45, 2.75) is 6.92 Å². The van der Waals surface area contributed by atoms with Crippen LogP contribution in [0.15, 0.2) is 42.5 Å².